The molecule has 0 bridgehead atoms. The maximum atomic E-state index is 11.9. The zero-order valence-corrected chi connectivity index (χ0v) is 11.0. The Bertz CT molecular complexity index is 389. The Morgan fingerprint density at radius 1 is 1.71 bits per heavy atom. The second-order valence-corrected chi connectivity index (χ2v) is 5.34. The van der Waals surface area contributed by atoms with Gasteiger partial charge in [-0.25, -0.2) is 0 Å². The Kier molecular flexibility index (Phi) is 5.79. The number of amidine groups is 1. The molecule has 0 spiro atoms. The summed E-state index contributed by atoms with van der Waals surface area (Å²) in [6, 6.07) is 3.95. The second-order valence-electron chi connectivity index (χ2n) is 3.30. The predicted molar refractivity (Wildman–Crippen MR) is 74.3 cm³/mol. The standard InChI is InChI=1S/C11H15N3OS2/c1-2-5-14(7-9-4-3-6-16-9)10(15)8-17-11(12)13/h2-4,6H,1,5,7-8H2,(H3,12,13). The minimum atomic E-state index is -0.0342. The summed E-state index contributed by atoms with van der Waals surface area (Å²) in [6.45, 7) is 4.74. The highest BCUT2D eigenvalue weighted by Gasteiger charge is 2.13. The van der Waals surface area contributed by atoms with E-state index in [-0.39, 0.29) is 16.8 Å². The molecule has 1 amide bonds. The molecule has 1 rings (SSSR count). The molecule has 0 aliphatic heterocycles. The highest BCUT2D eigenvalue weighted by Crippen LogP contribution is 2.13. The van der Waals surface area contributed by atoms with Gasteiger partial charge in [0.05, 0.1) is 12.3 Å². The van der Waals surface area contributed by atoms with Crippen molar-refractivity contribution in [2.45, 2.75) is 6.54 Å². The summed E-state index contributed by atoms with van der Waals surface area (Å²) in [7, 11) is 0. The Hall–Kier alpha value is -1.27. The third kappa shape index (κ3) is 5.06. The van der Waals surface area contributed by atoms with Gasteiger partial charge in [-0.05, 0) is 11.4 Å². The lowest BCUT2D eigenvalue weighted by Gasteiger charge is -2.20. The molecule has 1 aromatic rings. The molecule has 6 heteroatoms. The van der Waals surface area contributed by atoms with E-state index in [1.165, 1.54) is 0 Å². The summed E-state index contributed by atoms with van der Waals surface area (Å²) in [5.41, 5.74) is 5.21. The van der Waals surface area contributed by atoms with Crippen molar-refractivity contribution in [2.75, 3.05) is 12.3 Å². The number of nitrogens with two attached hydrogens (primary N) is 1. The molecule has 0 aliphatic carbocycles. The van der Waals surface area contributed by atoms with Crippen molar-refractivity contribution < 1.29 is 4.79 Å². The lowest BCUT2D eigenvalue weighted by atomic mass is 10.4. The highest BCUT2D eigenvalue weighted by atomic mass is 32.2. The van der Waals surface area contributed by atoms with Gasteiger partial charge in [0.15, 0.2) is 5.17 Å². The van der Waals surface area contributed by atoms with Gasteiger partial charge >= 0.3 is 0 Å². The number of nitrogens with one attached hydrogen (secondary N) is 1. The summed E-state index contributed by atoms with van der Waals surface area (Å²) in [5.74, 6) is 0.174. The first kappa shape index (κ1) is 13.8. The van der Waals surface area contributed by atoms with Gasteiger partial charge in [0.1, 0.15) is 0 Å². The van der Waals surface area contributed by atoms with Crippen molar-refractivity contribution in [1.29, 1.82) is 5.41 Å². The first-order valence-corrected chi connectivity index (χ1v) is 6.88. The molecule has 1 aromatic heterocycles. The molecule has 17 heavy (non-hydrogen) atoms. The van der Waals surface area contributed by atoms with Crippen LogP contribution in [0.1, 0.15) is 4.88 Å². The van der Waals surface area contributed by atoms with E-state index in [4.69, 9.17) is 11.1 Å². The predicted octanol–water partition coefficient (Wildman–Crippen LogP) is 1.89. The largest absolute Gasteiger partial charge is 0.379 e. The van der Waals surface area contributed by atoms with Gasteiger partial charge in [0.2, 0.25) is 5.91 Å². The molecular formula is C11H15N3OS2. The van der Waals surface area contributed by atoms with Crippen LogP contribution >= 0.6 is 23.1 Å². The van der Waals surface area contributed by atoms with E-state index in [0.717, 1.165) is 16.6 Å². The van der Waals surface area contributed by atoms with Crippen LogP contribution in [-0.2, 0) is 11.3 Å². The third-order valence-electron chi connectivity index (χ3n) is 1.98. The molecule has 0 unspecified atom stereocenters. The average molecular weight is 269 g/mol. The van der Waals surface area contributed by atoms with Gasteiger partial charge in [-0.15, -0.1) is 17.9 Å². The summed E-state index contributed by atoms with van der Waals surface area (Å²) in [5, 5.41) is 9.03. The molecule has 0 aliphatic rings. The van der Waals surface area contributed by atoms with Crippen molar-refractivity contribution >= 4 is 34.2 Å². The van der Waals surface area contributed by atoms with Crippen LogP contribution < -0.4 is 5.73 Å². The Balaban J connectivity index is 2.55. The van der Waals surface area contributed by atoms with Gasteiger partial charge in [-0.1, -0.05) is 23.9 Å². The lowest BCUT2D eigenvalue weighted by molar-refractivity contribution is -0.128. The van der Waals surface area contributed by atoms with Crippen LogP contribution in [0.3, 0.4) is 0 Å². The number of carbonyl (C=O) groups is 1. The van der Waals surface area contributed by atoms with Gasteiger partial charge in [-0.2, -0.15) is 0 Å². The van der Waals surface area contributed by atoms with E-state index in [9.17, 15) is 4.79 Å². The number of thiophene rings is 1. The zero-order valence-electron chi connectivity index (χ0n) is 9.39. The smallest absolute Gasteiger partial charge is 0.233 e. The number of rotatable bonds is 6. The Morgan fingerprint density at radius 3 is 3.00 bits per heavy atom. The number of amides is 1. The molecule has 0 saturated carbocycles. The van der Waals surface area contributed by atoms with Gasteiger partial charge < -0.3 is 10.6 Å². The Morgan fingerprint density at radius 2 is 2.47 bits per heavy atom. The van der Waals surface area contributed by atoms with Crippen LogP contribution in [0.15, 0.2) is 30.2 Å². The molecule has 3 N–H and O–H groups in total. The topological polar surface area (TPSA) is 70.2 Å². The summed E-state index contributed by atoms with van der Waals surface area (Å²) >= 11 is 2.66. The minimum absolute atomic E-state index is 0.0292. The maximum Gasteiger partial charge on any atom is 0.233 e. The normalized spacial score (nSPS) is 9.88. The van der Waals surface area contributed by atoms with Crippen LogP contribution in [0.2, 0.25) is 0 Å². The molecule has 0 fully saturated rings. The van der Waals surface area contributed by atoms with Gasteiger partial charge in [-0.3, -0.25) is 10.2 Å². The molecular weight excluding hydrogens is 254 g/mol. The van der Waals surface area contributed by atoms with Crippen LogP contribution in [0, 0.1) is 5.41 Å². The zero-order chi connectivity index (χ0) is 12.7. The molecule has 0 radical (unpaired) electrons. The van der Waals surface area contributed by atoms with E-state index in [0.29, 0.717) is 13.1 Å². The summed E-state index contributed by atoms with van der Waals surface area (Å²) in [6.07, 6.45) is 1.70. The third-order valence-corrected chi connectivity index (χ3v) is 3.54. The van der Waals surface area contributed by atoms with E-state index >= 15 is 0 Å². The Labute approximate surface area is 109 Å². The molecule has 0 saturated heterocycles. The number of hydrogen-bond acceptors (Lipinski definition) is 4. The van der Waals surface area contributed by atoms with E-state index in [1.807, 2.05) is 17.5 Å². The summed E-state index contributed by atoms with van der Waals surface area (Å²) in [4.78, 5) is 14.7. The minimum Gasteiger partial charge on any atom is -0.379 e. The van der Waals surface area contributed by atoms with Gasteiger partial charge in [0.25, 0.3) is 0 Å². The van der Waals surface area contributed by atoms with E-state index in [1.54, 1.807) is 22.3 Å². The second kappa shape index (κ2) is 7.13. The van der Waals surface area contributed by atoms with Crippen molar-refractivity contribution in [1.82, 2.24) is 4.90 Å². The summed E-state index contributed by atoms with van der Waals surface area (Å²) < 4.78 is 0. The quantitative estimate of drug-likeness (QED) is 0.471. The molecule has 0 aromatic carbocycles. The van der Waals surface area contributed by atoms with Gasteiger partial charge in [0, 0.05) is 11.4 Å². The van der Waals surface area contributed by atoms with Crippen LogP contribution in [0.25, 0.3) is 0 Å². The first-order valence-electron chi connectivity index (χ1n) is 5.01. The lowest BCUT2D eigenvalue weighted by Crippen LogP contribution is -2.32. The molecule has 1 heterocycles. The molecule has 92 valence electrons. The first-order chi connectivity index (χ1) is 8.13. The van der Waals surface area contributed by atoms with Crippen molar-refractivity contribution in [3.8, 4) is 0 Å². The van der Waals surface area contributed by atoms with Crippen LogP contribution in [0.4, 0.5) is 0 Å². The number of nitrogens with zero attached hydrogens (tertiary/aromatic N) is 1. The van der Waals surface area contributed by atoms with E-state index < -0.39 is 0 Å². The fourth-order valence-electron chi connectivity index (χ4n) is 1.23. The van der Waals surface area contributed by atoms with E-state index in [2.05, 4.69) is 6.58 Å². The van der Waals surface area contributed by atoms with Crippen molar-refractivity contribution in [2.24, 2.45) is 5.73 Å². The number of carbonyl (C=O) groups excluding carboxylic acids is 1. The monoisotopic (exact) mass is 269 g/mol. The van der Waals surface area contributed by atoms with Crippen molar-refractivity contribution in [3.05, 3.63) is 35.0 Å². The molecule has 0 atom stereocenters. The SMILES string of the molecule is C=CCN(Cc1cccs1)C(=O)CSC(=N)N. The molecule has 4 nitrogen and oxygen atoms in total. The maximum absolute atomic E-state index is 11.9. The average Bonchev–Trinajstić information content (AvgIpc) is 2.78. The highest BCUT2D eigenvalue weighted by molar-refractivity contribution is 8.14. The number of hydrogen-bond donors (Lipinski definition) is 2. The number of thioether (sulfide) groups is 1. The fourth-order valence-corrected chi connectivity index (χ4v) is 2.41. The van der Waals surface area contributed by atoms with Crippen LogP contribution in [-0.4, -0.2) is 28.3 Å². The fraction of sp³-hybridized carbons (Fsp3) is 0.273. The van der Waals surface area contributed by atoms with Crippen molar-refractivity contribution in [3.63, 3.8) is 0 Å². The van der Waals surface area contributed by atoms with Crippen LogP contribution in [0.5, 0.6) is 0 Å².